The first-order chi connectivity index (χ1) is 14.2. The summed E-state index contributed by atoms with van der Waals surface area (Å²) in [6.07, 6.45) is 4.36. The molecule has 1 fully saturated rings. The Morgan fingerprint density at radius 3 is 2.76 bits per heavy atom. The highest BCUT2D eigenvalue weighted by Gasteiger charge is 2.21. The van der Waals surface area contributed by atoms with Crippen LogP contribution in [-0.4, -0.2) is 37.4 Å². The molecule has 0 unspecified atom stereocenters. The van der Waals surface area contributed by atoms with Crippen molar-refractivity contribution in [1.29, 1.82) is 0 Å². The number of rotatable bonds is 6. The summed E-state index contributed by atoms with van der Waals surface area (Å²) in [6, 6.07) is 14.9. The van der Waals surface area contributed by atoms with E-state index in [1.807, 2.05) is 36.4 Å². The van der Waals surface area contributed by atoms with Gasteiger partial charge in [0.15, 0.2) is 0 Å². The summed E-state index contributed by atoms with van der Waals surface area (Å²) in [6.45, 7) is 0.609. The summed E-state index contributed by atoms with van der Waals surface area (Å²) in [5, 5.41) is 13.3. The lowest BCUT2D eigenvalue weighted by Gasteiger charge is -2.08. The molecule has 1 amide bonds. The Hall–Kier alpha value is -3.65. The van der Waals surface area contributed by atoms with Gasteiger partial charge < -0.3 is 10.1 Å². The molecule has 2 N–H and O–H groups in total. The standard InChI is InChI=1S/C21H18N6O2/c28-21(23-16-6-4-13(5-7-16)12-29-17-8-9-17)15-3-1-2-14(10-15)18-11-22-19-20(24-18)26-27-25-19/h1-7,10-11,17H,8-9,12H2,(H,23,28)(H,22,24,25,26,27). The minimum atomic E-state index is -0.190. The molecule has 2 heterocycles. The van der Waals surface area contributed by atoms with Gasteiger partial charge >= 0.3 is 0 Å². The Balaban J connectivity index is 1.30. The van der Waals surface area contributed by atoms with Gasteiger partial charge in [-0.1, -0.05) is 24.3 Å². The van der Waals surface area contributed by atoms with E-state index in [1.165, 1.54) is 0 Å². The van der Waals surface area contributed by atoms with Crippen molar-refractivity contribution in [3.63, 3.8) is 0 Å². The zero-order chi connectivity index (χ0) is 19.6. The van der Waals surface area contributed by atoms with E-state index in [2.05, 4.69) is 30.7 Å². The van der Waals surface area contributed by atoms with Crippen LogP contribution < -0.4 is 5.32 Å². The van der Waals surface area contributed by atoms with Gasteiger partial charge in [-0.25, -0.2) is 9.97 Å². The number of hydrogen-bond acceptors (Lipinski definition) is 6. The average Bonchev–Trinajstić information content (AvgIpc) is 3.47. The monoisotopic (exact) mass is 386 g/mol. The number of aromatic nitrogens is 5. The van der Waals surface area contributed by atoms with E-state index >= 15 is 0 Å². The Bertz CT molecular complexity index is 1170. The molecule has 2 aromatic heterocycles. The van der Waals surface area contributed by atoms with Crippen molar-refractivity contribution in [1.82, 2.24) is 25.4 Å². The van der Waals surface area contributed by atoms with Gasteiger partial charge in [-0.05, 0) is 42.7 Å². The number of ether oxygens (including phenoxy) is 1. The van der Waals surface area contributed by atoms with E-state index in [4.69, 9.17) is 4.74 Å². The number of fused-ring (bicyclic) bond motifs is 1. The predicted molar refractivity (Wildman–Crippen MR) is 107 cm³/mol. The van der Waals surface area contributed by atoms with E-state index in [1.54, 1.807) is 18.3 Å². The van der Waals surface area contributed by atoms with Crippen LogP contribution >= 0.6 is 0 Å². The zero-order valence-electron chi connectivity index (χ0n) is 15.5. The lowest BCUT2D eigenvalue weighted by molar-refractivity contribution is 0.102. The van der Waals surface area contributed by atoms with Gasteiger partial charge in [-0.3, -0.25) is 4.79 Å². The molecule has 144 valence electrons. The highest BCUT2D eigenvalue weighted by molar-refractivity contribution is 6.04. The summed E-state index contributed by atoms with van der Waals surface area (Å²) < 4.78 is 5.70. The molecule has 8 heteroatoms. The largest absolute Gasteiger partial charge is 0.374 e. The molecule has 1 aliphatic carbocycles. The summed E-state index contributed by atoms with van der Waals surface area (Å²) in [5.41, 5.74) is 4.66. The summed E-state index contributed by atoms with van der Waals surface area (Å²) in [4.78, 5) is 21.3. The third-order valence-electron chi connectivity index (χ3n) is 4.69. The number of benzene rings is 2. The van der Waals surface area contributed by atoms with Crippen molar-refractivity contribution in [3.8, 4) is 11.3 Å². The molecule has 4 aromatic rings. The number of H-pyrrole nitrogens is 1. The van der Waals surface area contributed by atoms with Gasteiger partial charge in [0.1, 0.15) is 0 Å². The molecule has 2 aromatic carbocycles. The van der Waals surface area contributed by atoms with Crippen molar-refractivity contribution in [3.05, 3.63) is 65.9 Å². The lowest BCUT2D eigenvalue weighted by Crippen LogP contribution is -2.12. The molecule has 0 radical (unpaired) electrons. The van der Waals surface area contributed by atoms with E-state index in [9.17, 15) is 4.79 Å². The number of anilines is 1. The summed E-state index contributed by atoms with van der Waals surface area (Å²) in [7, 11) is 0. The lowest BCUT2D eigenvalue weighted by atomic mass is 10.1. The van der Waals surface area contributed by atoms with Gasteiger partial charge in [-0.2, -0.15) is 5.21 Å². The quantitative estimate of drug-likeness (QED) is 0.526. The maximum atomic E-state index is 12.7. The van der Waals surface area contributed by atoms with Crippen LogP contribution in [-0.2, 0) is 11.3 Å². The highest BCUT2D eigenvalue weighted by Crippen LogP contribution is 2.25. The van der Waals surface area contributed by atoms with Crippen molar-refractivity contribution in [2.24, 2.45) is 0 Å². The van der Waals surface area contributed by atoms with Crippen LogP contribution in [0, 0.1) is 0 Å². The van der Waals surface area contributed by atoms with Gasteiger partial charge in [0, 0.05) is 16.8 Å². The number of nitrogens with zero attached hydrogens (tertiary/aromatic N) is 4. The van der Waals surface area contributed by atoms with Gasteiger partial charge in [0.2, 0.25) is 11.3 Å². The fraction of sp³-hybridized carbons (Fsp3) is 0.190. The number of carbonyl (C=O) groups excluding carboxylic acids is 1. The molecule has 1 aliphatic rings. The first-order valence-corrected chi connectivity index (χ1v) is 9.40. The topological polar surface area (TPSA) is 106 Å². The van der Waals surface area contributed by atoms with E-state index < -0.39 is 0 Å². The van der Waals surface area contributed by atoms with Crippen molar-refractivity contribution in [2.75, 3.05) is 5.32 Å². The molecule has 1 saturated carbocycles. The zero-order valence-corrected chi connectivity index (χ0v) is 15.5. The molecule has 0 aliphatic heterocycles. The fourth-order valence-electron chi connectivity index (χ4n) is 2.94. The van der Waals surface area contributed by atoms with Crippen molar-refractivity contribution >= 4 is 22.9 Å². The van der Waals surface area contributed by atoms with E-state index in [0.29, 0.717) is 35.3 Å². The first kappa shape index (κ1) is 17.4. The second kappa shape index (κ2) is 7.40. The Kier molecular flexibility index (Phi) is 4.45. The van der Waals surface area contributed by atoms with Crippen LogP contribution in [0.4, 0.5) is 5.69 Å². The van der Waals surface area contributed by atoms with Gasteiger partial charge in [-0.15, -0.1) is 10.2 Å². The van der Waals surface area contributed by atoms with Crippen LogP contribution in [0.3, 0.4) is 0 Å². The molecular weight excluding hydrogens is 368 g/mol. The van der Waals surface area contributed by atoms with Crippen LogP contribution in [0.2, 0.25) is 0 Å². The summed E-state index contributed by atoms with van der Waals surface area (Å²) >= 11 is 0. The van der Waals surface area contributed by atoms with E-state index in [0.717, 1.165) is 29.7 Å². The third-order valence-corrected chi connectivity index (χ3v) is 4.69. The molecule has 8 nitrogen and oxygen atoms in total. The van der Waals surface area contributed by atoms with Crippen LogP contribution in [0.5, 0.6) is 0 Å². The summed E-state index contributed by atoms with van der Waals surface area (Å²) in [5.74, 6) is -0.190. The minimum Gasteiger partial charge on any atom is -0.374 e. The second-order valence-electron chi connectivity index (χ2n) is 6.97. The van der Waals surface area contributed by atoms with Crippen LogP contribution in [0.15, 0.2) is 54.7 Å². The minimum absolute atomic E-state index is 0.190. The van der Waals surface area contributed by atoms with Crippen molar-refractivity contribution < 1.29 is 9.53 Å². The van der Waals surface area contributed by atoms with Crippen molar-refractivity contribution in [2.45, 2.75) is 25.6 Å². The van der Waals surface area contributed by atoms with Gasteiger partial charge in [0.25, 0.3) is 5.91 Å². The van der Waals surface area contributed by atoms with E-state index in [-0.39, 0.29) is 5.91 Å². The Morgan fingerprint density at radius 2 is 1.93 bits per heavy atom. The number of nitrogens with one attached hydrogen (secondary N) is 2. The molecule has 0 spiro atoms. The maximum Gasteiger partial charge on any atom is 0.255 e. The number of amides is 1. The molecule has 5 rings (SSSR count). The number of aromatic amines is 1. The normalized spacial score (nSPS) is 13.5. The van der Waals surface area contributed by atoms with Gasteiger partial charge in [0.05, 0.1) is 24.6 Å². The number of hydrogen-bond donors (Lipinski definition) is 2. The Morgan fingerprint density at radius 1 is 1.10 bits per heavy atom. The SMILES string of the molecule is O=C(Nc1ccc(COC2CC2)cc1)c1cccc(-c2cnc3n[nH]nc3n2)c1. The molecular formula is C21H18N6O2. The predicted octanol–water partition coefficient (Wildman–Crippen LogP) is 3.35. The third kappa shape index (κ3) is 3.97. The first-order valence-electron chi connectivity index (χ1n) is 9.40. The molecule has 0 atom stereocenters. The molecule has 29 heavy (non-hydrogen) atoms. The maximum absolute atomic E-state index is 12.7. The second-order valence-corrected chi connectivity index (χ2v) is 6.97. The van der Waals surface area contributed by atoms with Crippen LogP contribution in [0.25, 0.3) is 22.6 Å². The fourth-order valence-corrected chi connectivity index (χ4v) is 2.94. The number of carbonyl (C=O) groups is 1. The average molecular weight is 386 g/mol. The Labute approximate surface area is 166 Å². The molecule has 0 saturated heterocycles. The molecule has 0 bridgehead atoms. The highest BCUT2D eigenvalue weighted by atomic mass is 16.5. The smallest absolute Gasteiger partial charge is 0.255 e. The van der Waals surface area contributed by atoms with Crippen LogP contribution in [0.1, 0.15) is 28.8 Å².